The second-order valence-electron chi connectivity index (χ2n) is 4.56. The monoisotopic (exact) mass is 336 g/mol. The van der Waals surface area contributed by atoms with Crippen LogP contribution in [-0.2, 0) is 0 Å². The van der Waals surface area contributed by atoms with Crippen molar-refractivity contribution in [3.05, 3.63) is 35.1 Å². The second kappa shape index (κ2) is 4.94. The van der Waals surface area contributed by atoms with E-state index in [1.54, 1.807) is 11.3 Å². The molecule has 0 radical (unpaired) electrons. The summed E-state index contributed by atoms with van der Waals surface area (Å²) in [6.45, 7) is 4.21. The molecule has 0 atom stereocenters. The number of hydrogen-bond acceptors (Lipinski definition) is 4. The highest BCUT2D eigenvalue weighted by atomic mass is 79.9. The van der Waals surface area contributed by atoms with Crippen LogP contribution in [-0.4, -0.2) is 14.8 Å². The van der Waals surface area contributed by atoms with Gasteiger partial charge in [0.2, 0.25) is 0 Å². The van der Waals surface area contributed by atoms with Crippen molar-refractivity contribution in [3.63, 3.8) is 0 Å². The number of anilines is 2. The average Bonchev–Trinajstić information content (AvgIpc) is 2.95. The van der Waals surface area contributed by atoms with Gasteiger partial charge in [-0.1, -0.05) is 27.3 Å². The number of rotatable bonds is 3. The molecule has 0 unspecified atom stereocenters. The Hall–Kier alpha value is -1.40. The number of hydrogen-bond donors (Lipinski definition) is 1. The molecule has 4 nitrogen and oxygen atoms in total. The Labute approximate surface area is 123 Å². The van der Waals surface area contributed by atoms with Crippen LogP contribution in [0.15, 0.2) is 35.1 Å². The Bertz CT molecular complexity index is 716. The lowest BCUT2D eigenvalue weighted by Crippen LogP contribution is -1.99. The van der Waals surface area contributed by atoms with Crippen molar-refractivity contribution in [1.82, 2.24) is 14.8 Å². The first-order valence-electron chi connectivity index (χ1n) is 5.99. The maximum atomic E-state index is 4.55. The summed E-state index contributed by atoms with van der Waals surface area (Å²) < 4.78 is 4.16. The molecule has 0 saturated heterocycles. The Balaban J connectivity index is 1.87. The van der Waals surface area contributed by atoms with Crippen LogP contribution >= 0.6 is 27.3 Å². The smallest absolute Gasteiger partial charge is 0.188 e. The van der Waals surface area contributed by atoms with Crippen molar-refractivity contribution in [2.45, 2.75) is 19.9 Å². The zero-order chi connectivity index (χ0) is 13.4. The normalized spacial score (nSPS) is 11.4. The van der Waals surface area contributed by atoms with Crippen molar-refractivity contribution in [3.8, 4) is 0 Å². The number of benzene rings is 1. The molecule has 0 aliphatic carbocycles. The van der Waals surface area contributed by atoms with E-state index in [4.69, 9.17) is 0 Å². The maximum Gasteiger partial charge on any atom is 0.188 e. The van der Waals surface area contributed by atoms with Gasteiger partial charge in [-0.3, -0.25) is 4.68 Å². The first-order chi connectivity index (χ1) is 9.11. The summed E-state index contributed by atoms with van der Waals surface area (Å²) >= 11 is 5.11. The molecule has 19 heavy (non-hydrogen) atoms. The van der Waals surface area contributed by atoms with Crippen LogP contribution in [0.5, 0.6) is 0 Å². The third kappa shape index (κ3) is 2.64. The summed E-state index contributed by atoms with van der Waals surface area (Å²) in [7, 11) is 0. The van der Waals surface area contributed by atoms with Crippen LogP contribution in [0.4, 0.5) is 10.8 Å². The van der Waals surface area contributed by atoms with Gasteiger partial charge in [-0.15, -0.1) is 0 Å². The molecule has 0 amide bonds. The van der Waals surface area contributed by atoms with Crippen molar-refractivity contribution in [2.75, 3.05) is 5.32 Å². The minimum atomic E-state index is 0.363. The zero-order valence-electron chi connectivity index (χ0n) is 10.6. The SMILES string of the molecule is CC(C)n1cc(Nc2nc3ccc(Br)cc3s2)cn1. The van der Waals surface area contributed by atoms with E-state index in [0.29, 0.717) is 6.04 Å². The molecule has 98 valence electrons. The predicted molar refractivity (Wildman–Crippen MR) is 83.2 cm³/mol. The van der Waals surface area contributed by atoms with E-state index in [9.17, 15) is 0 Å². The lowest BCUT2D eigenvalue weighted by molar-refractivity contribution is 0.532. The van der Waals surface area contributed by atoms with Crippen LogP contribution in [0.3, 0.4) is 0 Å². The third-order valence-corrected chi connectivity index (χ3v) is 4.16. The molecule has 2 heterocycles. The Morgan fingerprint density at radius 1 is 1.37 bits per heavy atom. The van der Waals surface area contributed by atoms with Gasteiger partial charge >= 0.3 is 0 Å². The molecule has 0 spiro atoms. The van der Waals surface area contributed by atoms with E-state index in [1.165, 1.54) is 0 Å². The molecule has 0 aliphatic rings. The minimum absolute atomic E-state index is 0.363. The first kappa shape index (κ1) is 12.6. The van der Waals surface area contributed by atoms with E-state index in [0.717, 1.165) is 25.5 Å². The minimum Gasteiger partial charge on any atom is -0.329 e. The lowest BCUT2D eigenvalue weighted by atomic mass is 10.3. The summed E-state index contributed by atoms with van der Waals surface area (Å²) in [6.07, 6.45) is 3.81. The fourth-order valence-corrected chi connectivity index (χ4v) is 3.20. The maximum absolute atomic E-state index is 4.55. The number of aromatic nitrogens is 3. The summed E-state index contributed by atoms with van der Waals surface area (Å²) in [4.78, 5) is 4.55. The summed E-state index contributed by atoms with van der Waals surface area (Å²) in [5.41, 5.74) is 1.97. The molecule has 0 saturated carbocycles. The van der Waals surface area contributed by atoms with Gasteiger partial charge in [0.1, 0.15) is 0 Å². The first-order valence-corrected chi connectivity index (χ1v) is 7.60. The second-order valence-corrected chi connectivity index (χ2v) is 6.51. The lowest BCUT2D eigenvalue weighted by Gasteiger charge is -2.03. The standard InChI is InChI=1S/C13H13BrN4S/c1-8(2)18-7-10(6-15-18)16-13-17-11-4-3-9(14)5-12(11)19-13/h3-8H,1-2H3,(H,16,17). The Morgan fingerprint density at radius 2 is 2.21 bits per heavy atom. The van der Waals surface area contributed by atoms with Gasteiger partial charge in [0, 0.05) is 16.7 Å². The molecule has 3 rings (SSSR count). The van der Waals surface area contributed by atoms with Crippen molar-refractivity contribution in [2.24, 2.45) is 0 Å². The highest BCUT2D eigenvalue weighted by Crippen LogP contribution is 2.30. The van der Waals surface area contributed by atoms with Gasteiger partial charge in [0.15, 0.2) is 5.13 Å². The molecular weight excluding hydrogens is 324 g/mol. The topological polar surface area (TPSA) is 42.7 Å². The van der Waals surface area contributed by atoms with E-state index < -0.39 is 0 Å². The van der Waals surface area contributed by atoms with E-state index in [2.05, 4.69) is 51.2 Å². The van der Waals surface area contributed by atoms with Crippen molar-refractivity contribution >= 4 is 48.3 Å². The molecule has 6 heteroatoms. The number of fused-ring (bicyclic) bond motifs is 1. The van der Waals surface area contributed by atoms with Crippen LogP contribution in [0.2, 0.25) is 0 Å². The van der Waals surface area contributed by atoms with Crippen molar-refractivity contribution in [1.29, 1.82) is 0 Å². The predicted octanol–water partition coefficient (Wildman–Crippen LogP) is 4.58. The average molecular weight is 337 g/mol. The zero-order valence-corrected chi connectivity index (χ0v) is 13.0. The molecular formula is C13H13BrN4S. The van der Waals surface area contributed by atoms with Gasteiger partial charge in [-0.05, 0) is 32.0 Å². The highest BCUT2D eigenvalue weighted by molar-refractivity contribution is 9.10. The highest BCUT2D eigenvalue weighted by Gasteiger charge is 2.06. The van der Waals surface area contributed by atoms with E-state index in [1.807, 2.05) is 29.2 Å². The fourth-order valence-electron chi connectivity index (χ4n) is 1.76. The third-order valence-electron chi connectivity index (χ3n) is 2.73. The summed E-state index contributed by atoms with van der Waals surface area (Å²) in [6, 6.07) is 6.46. The van der Waals surface area contributed by atoms with Gasteiger partial charge < -0.3 is 5.32 Å². The Kier molecular flexibility index (Phi) is 3.28. The van der Waals surface area contributed by atoms with Crippen molar-refractivity contribution < 1.29 is 0 Å². The van der Waals surface area contributed by atoms with Gasteiger partial charge in [-0.2, -0.15) is 5.10 Å². The molecule has 0 fully saturated rings. The van der Waals surface area contributed by atoms with Gasteiger partial charge in [0.25, 0.3) is 0 Å². The fraction of sp³-hybridized carbons (Fsp3) is 0.231. The van der Waals surface area contributed by atoms with Crippen LogP contribution in [0.1, 0.15) is 19.9 Å². The van der Waals surface area contributed by atoms with Crippen LogP contribution < -0.4 is 5.32 Å². The van der Waals surface area contributed by atoms with E-state index >= 15 is 0 Å². The molecule has 3 aromatic rings. The molecule has 0 aliphatic heterocycles. The number of thiazole rings is 1. The molecule has 0 bridgehead atoms. The Morgan fingerprint density at radius 3 is 2.95 bits per heavy atom. The van der Waals surface area contributed by atoms with Crippen LogP contribution in [0, 0.1) is 0 Å². The largest absolute Gasteiger partial charge is 0.329 e. The summed E-state index contributed by atoms with van der Waals surface area (Å²) in [5.74, 6) is 0. The molecule has 1 aromatic carbocycles. The van der Waals surface area contributed by atoms with Gasteiger partial charge in [-0.25, -0.2) is 4.98 Å². The van der Waals surface area contributed by atoms with E-state index in [-0.39, 0.29) is 0 Å². The quantitative estimate of drug-likeness (QED) is 0.761. The van der Waals surface area contributed by atoms with Gasteiger partial charge in [0.05, 0.1) is 22.1 Å². The summed E-state index contributed by atoms with van der Waals surface area (Å²) in [5, 5.41) is 8.49. The number of nitrogens with one attached hydrogen (secondary N) is 1. The molecule has 2 aromatic heterocycles. The number of halogens is 1. The number of nitrogens with zero attached hydrogens (tertiary/aromatic N) is 3. The van der Waals surface area contributed by atoms with Crippen LogP contribution in [0.25, 0.3) is 10.2 Å². The molecule has 1 N–H and O–H groups in total.